The highest BCUT2D eigenvalue weighted by Gasteiger charge is 2.13. The van der Waals surface area contributed by atoms with Crippen LogP contribution in [0.3, 0.4) is 0 Å². The van der Waals surface area contributed by atoms with Crippen molar-refractivity contribution in [1.29, 1.82) is 0 Å². The molecule has 8 nitrogen and oxygen atoms in total. The number of anilines is 2. The Hall–Kier alpha value is -3.39. The van der Waals surface area contributed by atoms with E-state index in [4.69, 9.17) is 15.2 Å². The summed E-state index contributed by atoms with van der Waals surface area (Å²) in [6, 6.07) is 13.1. The minimum absolute atomic E-state index is 0.229. The number of carbonyl (C=O) groups excluding carboxylic acids is 3. The Balaban J connectivity index is 1.48. The molecule has 0 unspecified atom stereocenters. The summed E-state index contributed by atoms with van der Waals surface area (Å²) in [6.45, 7) is 2.66. The highest BCUT2D eigenvalue weighted by atomic mass is 16.5. The maximum Gasteiger partial charge on any atom is 0.338 e. The average molecular weight is 383 g/mol. The summed E-state index contributed by atoms with van der Waals surface area (Å²) >= 11 is 0. The lowest BCUT2D eigenvalue weighted by atomic mass is 10.1. The number of hydrogen-bond donors (Lipinski definition) is 2. The monoisotopic (exact) mass is 383 g/mol. The van der Waals surface area contributed by atoms with Crippen molar-refractivity contribution in [2.75, 3.05) is 43.1 Å². The van der Waals surface area contributed by atoms with Gasteiger partial charge < -0.3 is 25.4 Å². The Labute approximate surface area is 162 Å². The molecule has 2 amide bonds. The predicted octanol–water partition coefficient (Wildman–Crippen LogP) is 1.42. The normalized spacial score (nSPS) is 13.6. The molecule has 0 aliphatic carbocycles. The van der Waals surface area contributed by atoms with E-state index < -0.39 is 24.4 Å². The van der Waals surface area contributed by atoms with E-state index in [0.29, 0.717) is 18.9 Å². The summed E-state index contributed by atoms with van der Waals surface area (Å²) in [6.07, 6.45) is 0. The molecule has 1 heterocycles. The third-order valence-corrected chi connectivity index (χ3v) is 4.27. The molecular formula is C20H21N3O5. The summed E-state index contributed by atoms with van der Waals surface area (Å²) in [4.78, 5) is 37.2. The fraction of sp³-hybridized carbons (Fsp3) is 0.250. The average Bonchev–Trinajstić information content (AvgIpc) is 2.73. The number of nitrogens with zero attached hydrogens (tertiary/aromatic N) is 1. The molecule has 0 atom stereocenters. The molecule has 28 heavy (non-hydrogen) atoms. The number of nitrogens with two attached hydrogens (primary N) is 1. The quantitative estimate of drug-likeness (QED) is 0.730. The zero-order chi connectivity index (χ0) is 19.9. The molecule has 1 saturated heterocycles. The van der Waals surface area contributed by atoms with E-state index in [2.05, 4.69) is 10.2 Å². The zero-order valence-electron chi connectivity index (χ0n) is 15.2. The molecule has 0 bridgehead atoms. The minimum atomic E-state index is -0.658. The number of ether oxygens (including phenoxy) is 2. The van der Waals surface area contributed by atoms with E-state index in [0.717, 1.165) is 18.8 Å². The van der Waals surface area contributed by atoms with E-state index >= 15 is 0 Å². The largest absolute Gasteiger partial charge is 0.452 e. The van der Waals surface area contributed by atoms with Crippen molar-refractivity contribution in [1.82, 2.24) is 0 Å². The first kappa shape index (κ1) is 19.4. The molecule has 1 fully saturated rings. The van der Waals surface area contributed by atoms with Crippen LogP contribution < -0.4 is 16.0 Å². The number of morpholine rings is 1. The van der Waals surface area contributed by atoms with Crippen molar-refractivity contribution < 1.29 is 23.9 Å². The number of carbonyl (C=O) groups is 3. The highest BCUT2D eigenvalue weighted by molar-refractivity contribution is 5.97. The summed E-state index contributed by atoms with van der Waals surface area (Å²) in [5, 5.41) is 2.68. The number of esters is 1. The van der Waals surface area contributed by atoms with Gasteiger partial charge in [0, 0.05) is 30.0 Å². The molecule has 3 N–H and O–H groups in total. The van der Waals surface area contributed by atoms with Gasteiger partial charge in [0.15, 0.2) is 6.61 Å². The van der Waals surface area contributed by atoms with Gasteiger partial charge in [-0.25, -0.2) is 4.79 Å². The van der Waals surface area contributed by atoms with Crippen LogP contribution in [0.1, 0.15) is 20.7 Å². The summed E-state index contributed by atoms with van der Waals surface area (Å²) in [5.74, 6) is -1.69. The van der Waals surface area contributed by atoms with Crippen LogP contribution in [0.25, 0.3) is 0 Å². The standard InChI is InChI=1S/C20H21N3O5/c21-19(25)14-1-3-15(4-2-14)20(26)28-13-18(24)22-16-5-7-17(8-6-16)23-9-11-27-12-10-23/h1-8H,9-13H2,(H2,21,25)(H,22,24). The van der Waals surface area contributed by atoms with Crippen LogP contribution in [0.5, 0.6) is 0 Å². The van der Waals surface area contributed by atoms with Crippen molar-refractivity contribution in [2.24, 2.45) is 5.73 Å². The fourth-order valence-corrected chi connectivity index (χ4v) is 2.76. The van der Waals surface area contributed by atoms with Crippen LogP contribution in [0.2, 0.25) is 0 Å². The van der Waals surface area contributed by atoms with Crippen LogP contribution in [-0.2, 0) is 14.3 Å². The molecule has 0 aromatic heterocycles. The smallest absolute Gasteiger partial charge is 0.338 e. The molecule has 0 spiro atoms. The summed E-state index contributed by atoms with van der Waals surface area (Å²) in [5.41, 5.74) is 7.34. The molecule has 3 rings (SSSR count). The fourth-order valence-electron chi connectivity index (χ4n) is 2.76. The van der Waals surface area contributed by atoms with Crippen LogP contribution in [0.4, 0.5) is 11.4 Å². The van der Waals surface area contributed by atoms with Crippen LogP contribution in [0.15, 0.2) is 48.5 Å². The minimum Gasteiger partial charge on any atom is -0.452 e. The number of hydrogen-bond acceptors (Lipinski definition) is 6. The maximum absolute atomic E-state index is 12.0. The van der Waals surface area contributed by atoms with Crippen molar-refractivity contribution in [3.8, 4) is 0 Å². The Morgan fingerprint density at radius 2 is 1.57 bits per heavy atom. The first-order valence-corrected chi connectivity index (χ1v) is 8.82. The van der Waals surface area contributed by atoms with Gasteiger partial charge in [-0.15, -0.1) is 0 Å². The third kappa shape index (κ3) is 5.08. The first-order valence-electron chi connectivity index (χ1n) is 8.82. The Bertz CT molecular complexity index is 843. The Kier molecular flexibility index (Phi) is 6.23. The maximum atomic E-state index is 12.0. The van der Waals surface area contributed by atoms with Gasteiger partial charge in [0.05, 0.1) is 18.8 Å². The SMILES string of the molecule is NC(=O)c1ccc(C(=O)OCC(=O)Nc2ccc(N3CCOCC3)cc2)cc1. The molecular weight excluding hydrogens is 362 g/mol. The molecule has 2 aromatic carbocycles. The lowest BCUT2D eigenvalue weighted by molar-refractivity contribution is -0.119. The Morgan fingerprint density at radius 3 is 2.18 bits per heavy atom. The number of amides is 2. The van der Waals surface area contributed by atoms with Crippen LogP contribution >= 0.6 is 0 Å². The van der Waals surface area contributed by atoms with Crippen molar-refractivity contribution >= 4 is 29.2 Å². The van der Waals surface area contributed by atoms with Gasteiger partial charge in [0.1, 0.15) is 0 Å². The van der Waals surface area contributed by atoms with Gasteiger partial charge in [0.25, 0.3) is 5.91 Å². The summed E-state index contributed by atoms with van der Waals surface area (Å²) < 4.78 is 10.3. The number of nitrogens with one attached hydrogen (secondary N) is 1. The number of rotatable bonds is 6. The number of primary amides is 1. The molecule has 146 valence electrons. The highest BCUT2D eigenvalue weighted by Crippen LogP contribution is 2.19. The van der Waals surface area contributed by atoms with Gasteiger partial charge in [0.2, 0.25) is 5.91 Å². The van der Waals surface area contributed by atoms with Gasteiger partial charge in [-0.1, -0.05) is 0 Å². The van der Waals surface area contributed by atoms with E-state index in [9.17, 15) is 14.4 Å². The predicted molar refractivity (Wildman–Crippen MR) is 103 cm³/mol. The zero-order valence-corrected chi connectivity index (χ0v) is 15.2. The van der Waals surface area contributed by atoms with Crippen molar-refractivity contribution in [2.45, 2.75) is 0 Å². The first-order chi connectivity index (χ1) is 13.5. The van der Waals surface area contributed by atoms with Crippen LogP contribution in [-0.4, -0.2) is 50.7 Å². The van der Waals surface area contributed by atoms with Crippen molar-refractivity contribution in [3.63, 3.8) is 0 Å². The second-order valence-corrected chi connectivity index (χ2v) is 6.21. The molecule has 2 aromatic rings. The lowest BCUT2D eigenvalue weighted by Gasteiger charge is -2.28. The van der Waals surface area contributed by atoms with Gasteiger partial charge in [-0.05, 0) is 48.5 Å². The molecule has 0 saturated carbocycles. The molecule has 8 heteroatoms. The van der Waals surface area contributed by atoms with E-state index in [1.165, 1.54) is 24.3 Å². The third-order valence-electron chi connectivity index (χ3n) is 4.27. The number of benzene rings is 2. The molecule has 1 aliphatic rings. The second kappa shape index (κ2) is 9.01. The van der Waals surface area contributed by atoms with E-state index in [1.54, 1.807) is 12.1 Å². The van der Waals surface area contributed by atoms with Crippen LogP contribution in [0, 0.1) is 0 Å². The summed E-state index contributed by atoms with van der Waals surface area (Å²) in [7, 11) is 0. The van der Waals surface area contributed by atoms with Gasteiger partial charge >= 0.3 is 5.97 Å². The Morgan fingerprint density at radius 1 is 0.964 bits per heavy atom. The second-order valence-electron chi connectivity index (χ2n) is 6.21. The van der Waals surface area contributed by atoms with Gasteiger partial charge in [-0.2, -0.15) is 0 Å². The van der Waals surface area contributed by atoms with Gasteiger partial charge in [-0.3, -0.25) is 9.59 Å². The van der Waals surface area contributed by atoms with E-state index in [-0.39, 0.29) is 11.1 Å². The topological polar surface area (TPSA) is 111 Å². The van der Waals surface area contributed by atoms with Crippen molar-refractivity contribution in [3.05, 3.63) is 59.7 Å². The lowest BCUT2D eigenvalue weighted by Crippen LogP contribution is -2.36. The molecule has 0 radical (unpaired) electrons. The molecule has 1 aliphatic heterocycles. The van der Waals surface area contributed by atoms with E-state index in [1.807, 2.05) is 12.1 Å².